The fraction of sp³-hybridized carbons (Fsp3) is 0.294. The fourth-order valence-corrected chi connectivity index (χ4v) is 2.44. The average molecular weight is 272 g/mol. The highest BCUT2D eigenvalue weighted by Gasteiger charge is 2.15. The Labute approximate surface area is 120 Å². The van der Waals surface area contributed by atoms with Crippen LogP contribution in [0.1, 0.15) is 24.1 Å². The molecule has 0 heterocycles. The Balaban J connectivity index is 2.19. The van der Waals surface area contributed by atoms with Gasteiger partial charge in [-0.15, -0.1) is 0 Å². The Morgan fingerprint density at radius 2 is 1.75 bits per heavy atom. The first kappa shape index (κ1) is 14.5. The number of hydrogen-bond donors (Lipinski definition) is 1. The third-order valence-corrected chi connectivity index (χ3v) is 3.58. The molecule has 106 valence electrons. The van der Waals surface area contributed by atoms with E-state index in [9.17, 15) is 4.39 Å². The number of halogens is 1. The molecule has 1 unspecified atom stereocenters. The van der Waals surface area contributed by atoms with E-state index in [1.165, 1.54) is 11.6 Å². The lowest BCUT2D eigenvalue weighted by molar-refractivity contribution is 0.605. The van der Waals surface area contributed by atoms with Gasteiger partial charge in [-0.2, -0.15) is 0 Å². The predicted molar refractivity (Wildman–Crippen MR) is 82.4 cm³/mol. The van der Waals surface area contributed by atoms with E-state index in [0.29, 0.717) is 12.2 Å². The molecule has 1 atom stereocenters. The van der Waals surface area contributed by atoms with E-state index in [-0.39, 0.29) is 11.9 Å². The SMILES string of the molecule is CCN(CC(N)c1ccccc1C)c1ccccc1F. The van der Waals surface area contributed by atoms with Gasteiger partial charge in [0.25, 0.3) is 0 Å². The van der Waals surface area contributed by atoms with Gasteiger partial charge in [0.1, 0.15) is 5.82 Å². The molecule has 0 fully saturated rings. The van der Waals surface area contributed by atoms with Crippen molar-refractivity contribution in [3.05, 3.63) is 65.5 Å². The molecule has 20 heavy (non-hydrogen) atoms. The summed E-state index contributed by atoms with van der Waals surface area (Å²) in [7, 11) is 0. The largest absolute Gasteiger partial charge is 0.368 e. The van der Waals surface area contributed by atoms with E-state index in [4.69, 9.17) is 5.73 Å². The molecule has 3 heteroatoms. The van der Waals surface area contributed by atoms with Gasteiger partial charge in [0, 0.05) is 19.1 Å². The van der Waals surface area contributed by atoms with Crippen LogP contribution in [0.4, 0.5) is 10.1 Å². The predicted octanol–water partition coefficient (Wildman–Crippen LogP) is 3.66. The van der Waals surface area contributed by atoms with Crippen molar-refractivity contribution in [2.24, 2.45) is 5.73 Å². The van der Waals surface area contributed by atoms with Crippen molar-refractivity contribution in [1.29, 1.82) is 0 Å². The van der Waals surface area contributed by atoms with Crippen molar-refractivity contribution < 1.29 is 4.39 Å². The minimum Gasteiger partial charge on any atom is -0.368 e. The Morgan fingerprint density at radius 1 is 1.10 bits per heavy atom. The molecule has 0 aliphatic carbocycles. The maximum Gasteiger partial charge on any atom is 0.146 e. The van der Waals surface area contributed by atoms with Gasteiger partial charge in [0.15, 0.2) is 0 Å². The van der Waals surface area contributed by atoms with Gasteiger partial charge in [-0.05, 0) is 37.1 Å². The topological polar surface area (TPSA) is 29.3 Å². The summed E-state index contributed by atoms with van der Waals surface area (Å²) in [6.07, 6.45) is 0. The van der Waals surface area contributed by atoms with Gasteiger partial charge < -0.3 is 10.6 Å². The standard InChI is InChI=1S/C17H21FN2/c1-3-20(17-11-7-6-10-15(17)18)12-16(19)14-9-5-4-8-13(14)2/h4-11,16H,3,12,19H2,1-2H3. The highest BCUT2D eigenvalue weighted by atomic mass is 19.1. The summed E-state index contributed by atoms with van der Waals surface area (Å²) in [5.74, 6) is -0.202. The minimum atomic E-state index is -0.202. The minimum absolute atomic E-state index is 0.129. The number of aryl methyl sites for hydroxylation is 1. The lowest BCUT2D eigenvalue weighted by Crippen LogP contribution is -2.33. The van der Waals surface area contributed by atoms with E-state index in [0.717, 1.165) is 12.1 Å². The number of benzene rings is 2. The van der Waals surface area contributed by atoms with E-state index in [2.05, 4.69) is 13.0 Å². The zero-order valence-electron chi connectivity index (χ0n) is 12.0. The fourth-order valence-electron chi connectivity index (χ4n) is 2.44. The summed E-state index contributed by atoms with van der Waals surface area (Å²) in [6.45, 7) is 5.38. The second-order valence-corrected chi connectivity index (χ2v) is 4.95. The van der Waals surface area contributed by atoms with E-state index < -0.39 is 0 Å². The maximum atomic E-state index is 13.9. The van der Waals surface area contributed by atoms with Crippen LogP contribution in [-0.2, 0) is 0 Å². The highest BCUT2D eigenvalue weighted by Crippen LogP contribution is 2.22. The molecule has 2 rings (SSSR count). The molecule has 0 aromatic heterocycles. The van der Waals surface area contributed by atoms with Crippen molar-refractivity contribution in [3.63, 3.8) is 0 Å². The quantitative estimate of drug-likeness (QED) is 0.900. The maximum absolute atomic E-state index is 13.9. The summed E-state index contributed by atoms with van der Waals surface area (Å²) in [5, 5.41) is 0. The van der Waals surface area contributed by atoms with Crippen LogP contribution in [0.2, 0.25) is 0 Å². The van der Waals surface area contributed by atoms with Crippen molar-refractivity contribution in [2.75, 3.05) is 18.0 Å². The average Bonchev–Trinajstić information content (AvgIpc) is 2.46. The molecule has 2 nitrogen and oxygen atoms in total. The summed E-state index contributed by atoms with van der Waals surface area (Å²) in [5.41, 5.74) is 9.19. The zero-order chi connectivity index (χ0) is 14.5. The highest BCUT2D eigenvalue weighted by molar-refractivity contribution is 5.48. The lowest BCUT2D eigenvalue weighted by atomic mass is 10.0. The number of hydrogen-bond acceptors (Lipinski definition) is 2. The second kappa shape index (κ2) is 6.53. The van der Waals surface area contributed by atoms with Crippen molar-refractivity contribution in [1.82, 2.24) is 0 Å². The van der Waals surface area contributed by atoms with Crippen LogP contribution in [0, 0.1) is 12.7 Å². The third-order valence-electron chi connectivity index (χ3n) is 3.58. The number of nitrogens with zero attached hydrogens (tertiary/aromatic N) is 1. The number of likely N-dealkylation sites (N-methyl/N-ethyl adjacent to an activating group) is 1. The van der Waals surface area contributed by atoms with Crippen LogP contribution in [0.3, 0.4) is 0 Å². The van der Waals surface area contributed by atoms with Gasteiger partial charge >= 0.3 is 0 Å². The number of anilines is 1. The first-order valence-corrected chi connectivity index (χ1v) is 6.94. The van der Waals surface area contributed by atoms with Crippen LogP contribution in [0.5, 0.6) is 0 Å². The van der Waals surface area contributed by atoms with E-state index >= 15 is 0 Å². The zero-order valence-corrected chi connectivity index (χ0v) is 12.0. The molecule has 2 aromatic rings. The summed E-state index contributed by atoms with van der Waals surface area (Å²) in [4.78, 5) is 1.98. The number of para-hydroxylation sites is 1. The second-order valence-electron chi connectivity index (χ2n) is 4.95. The molecular weight excluding hydrogens is 251 g/mol. The van der Waals surface area contributed by atoms with Gasteiger partial charge in [0.2, 0.25) is 0 Å². The third kappa shape index (κ3) is 3.17. The molecule has 0 bridgehead atoms. The van der Waals surface area contributed by atoms with Gasteiger partial charge in [0.05, 0.1) is 5.69 Å². The molecule has 0 amide bonds. The molecule has 0 spiro atoms. The Morgan fingerprint density at radius 3 is 2.40 bits per heavy atom. The summed E-state index contributed by atoms with van der Waals surface area (Å²) >= 11 is 0. The molecule has 0 aliphatic heterocycles. The summed E-state index contributed by atoms with van der Waals surface area (Å²) < 4.78 is 13.9. The Bertz CT molecular complexity index is 568. The molecule has 0 radical (unpaired) electrons. The molecule has 0 saturated carbocycles. The first-order chi connectivity index (χ1) is 9.63. The van der Waals surface area contributed by atoms with Crippen LogP contribution in [0.25, 0.3) is 0 Å². The van der Waals surface area contributed by atoms with E-state index in [1.54, 1.807) is 12.1 Å². The molecule has 2 aromatic carbocycles. The number of nitrogens with two attached hydrogens (primary N) is 1. The first-order valence-electron chi connectivity index (χ1n) is 6.94. The lowest BCUT2D eigenvalue weighted by Gasteiger charge is -2.27. The summed E-state index contributed by atoms with van der Waals surface area (Å²) in [6, 6.07) is 14.8. The van der Waals surface area contributed by atoms with Gasteiger partial charge in [-0.1, -0.05) is 36.4 Å². The molecular formula is C17H21FN2. The Kier molecular flexibility index (Phi) is 4.74. The van der Waals surface area contributed by atoms with Crippen molar-refractivity contribution in [3.8, 4) is 0 Å². The normalized spacial score (nSPS) is 12.2. The smallest absolute Gasteiger partial charge is 0.146 e. The molecule has 2 N–H and O–H groups in total. The van der Waals surface area contributed by atoms with Gasteiger partial charge in [-0.3, -0.25) is 0 Å². The van der Waals surface area contributed by atoms with Crippen molar-refractivity contribution >= 4 is 5.69 Å². The molecule has 0 saturated heterocycles. The van der Waals surface area contributed by atoms with E-state index in [1.807, 2.05) is 36.1 Å². The van der Waals surface area contributed by atoms with Crippen LogP contribution in [0.15, 0.2) is 48.5 Å². The van der Waals surface area contributed by atoms with Crippen LogP contribution >= 0.6 is 0 Å². The molecule has 0 aliphatic rings. The monoisotopic (exact) mass is 272 g/mol. The van der Waals surface area contributed by atoms with Crippen LogP contribution < -0.4 is 10.6 Å². The van der Waals surface area contributed by atoms with Gasteiger partial charge in [-0.25, -0.2) is 4.39 Å². The van der Waals surface area contributed by atoms with Crippen molar-refractivity contribution in [2.45, 2.75) is 19.9 Å². The number of rotatable bonds is 5. The van der Waals surface area contributed by atoms with Crippen LogP contribution in [-0.4, -0.2) is 13.1 Å². The Hall–Kier alpha value is -1.87.